The van der Waals surface area contributed by atoms with Gasteiger partial charge in [-0.3, -0.25) is 28.8 Å². The van der Waals surface area contributed by atoms with Crippen molar-refractivity contribution in [3.63, 3.8) is 0 Å². The summed E-state index contributed by atoms with van der Waals surface area (Å²) in [5.41, 5.74) is 10.4. The molecule has 2 aliphatic heterocycles. The van der Waals surface area contributed by atoms with E-state index in [1.165, 1.54) is 55.1 Å². The Morgan fingerprint density at radius 2 is 0.918 bits per heavy atom. The fraction of sp³-hybridized carbons (Fsp3) is 0.577. The van der Waals surface area contributed by atoms with Crippen LogP contribution in [0.5, 0.6) is 0 Å². The highest BCUT2D eigenvalue weighted by atomic mass is 16.7. The second kappa shape index (κ2) is 32.7. The average Bonchev–Trinajstić information content (AvgIpc) is 1.58. The molecule has 26 nitrogen and oxygen atoms in total. The van der Waals surface area contributed by atoms with Gasteiger partial charge >= 0.3 is 47.8 Å². The van der Waals surface area contributed by atoms with E-state index in [2.05, 4.69) is 123 Å². The monoisotopic (exact) mass is 1350 g/mol. The van der Waals surface area contributed by atoms with Gasteiger partial charge in [-0.1, -0.05) is 145 Å². The second-order valence-corrected chi connectivity index (χ2v) is 26.9. The van der Waals surface area contributed by atoms with Gasteiger partial charge in [0.2, 0.25) is 0 Å². The predicted octanol–water partition coefficient (Wildman–Crippen LogP) is 9.46. The third-order valence-electron chi connectivity index (χ3n) is 17.5. The molecule has 2 aromatic heterocycles. The van der Waals surface area contributed by atoms with Crippen molar-refractivity contribution in [1.82, 2.24) is 30.0 Å². The molecule has 1 aliphatic carbocycles. The molecular formula is C71H92N6O20. The van der Waals surface area contributed by atoms with E-state index in [0.29, 0.717) is 24.6 Å². The Balaban J connectivity index is 0.951. The lowest BCUT2D eigenvalue weighted by molar-refractivity contribution is -0.265. The highest BCUT2D eigenvalue weighted by Gasteiger charge is 2.58. The molecule has 2 fully saturated rings. The van der Waals surface area contributed by atoms with Gasteiger partial charge in [0, 0.05) is 60.2 Å². The number of fused-ring (bicyclic) bond motifs is 3. The summed E-state index contributed by atoms with van der Waals surface area (Å²) in [6.45, 7) is 21.0. The van der Waals surface area contributed by atoms with Gasteiger partial charge in [-0.2, -0.15) is 0 Å². The lowest BCUT2D eigenvalue weighted by Crippen LogP contribution is -2.61. The lowest BCUT2D eigenvalue weighted by Gasteiger charge is -2.43. The minimum atomic E-state index is -1.61. The van der Waals surface area contributed by atoms with Crippen molar-refractivity contribution in [2.75, 3.05) is 27.4 Å². The van der Waals surface area contributed by atoms with Crippen LogP contribution in [0.1, 0.15) is 193 Å². The predicted molar refractivity (Wildman–Crippen MR) is 346 cm³/mol. The van der Waals surface area contributed by atoms with E-state index < -0.39 is 109 Å². The minimum Gasteiger partial charge on any atom is -0.467 e. The Kier molecular flexibility index (Phi) is 25.1. The number of esters is 8. The summed E-state index contributed by atoms with van der Waals surface area (Å²) in [5, 5.41) is 16.7. The lowest BCUT2D eigenvalue weighted by atomic mass is 9.69. The van der Waals surface area contributed by atoms with Crippen molar-refractivity contribution in [1.29, 1.82) is 0 Å². The molecule has 4 heterocycles. The van der Waals surface area contributed by atoms with Crippen LogP contribution in [0, 0.1) is 0 Å². The average molecular weight is 1350 g/mol. The number of ether oxygens (including phenoxy) is 12. The first-order valence-corrected chi connectivity index (χ1v) is 32.9. The van der Waals surface area contributed by atoms with Crippen molar-refractivity contribution in [3.05, 3.63) is 107 Å². The zero-order valence-electron chi connectivity index (χ0n) is 57.9. The molecule has 0 radical (unpaired) electrons. The second-order valence-electron chi connectivity index (χ2n) is 26.9. The molecule has 0 saturated carbocycles. The molecule has 3 aliphatic rings. The molecule has 3 aromatic carbocycles. The number of rotatable bonds is 29. The molecule has 0 N–H and O–H groups in total. The first-order valence-electron chi connectivity index (χ1n) is 32.9. The van der Waals surface area contributed by atoms with Gasteiger partial charge in [-0.15, -0.1) is 10.2 Å². The van der Waals surface area contributed by atoms with Gasteiger partial charge in [0.1, 0.15) is 5.69 Å². The van der Waals surface area contributed by atoms with Crippen molar-refractivity contribution in [2.24, 2.45) is 0 Å². The molecule has 5 aromatic rings. The van der Waals surface area contributed by atoms with Crippen LogP contribution in [0.3, 0.4) is 0 Å². The number of carbonyl (C=O) groups is 8. The SMILES string of the molecule is COC(=O)C1OC(n2cc(COCCCCCCC3(CCCCCCOCc4cnnn4C4OC(C(=O)OC)C(OC(C)=O)C(OC(C)=O)C4OC(C)=O)c4cc(-c5ccc(C(C)(C)C)cc5)ccc4-c4ccc(C(C)(C)C)cc43)nn2)C(OC(C)=O)C(OC(C)=O)C1OC(C)=O. The molecule has 11 atom stereocenters. The molecule has 0 bridgehead atoms. The van der Waals surface area contributed by atoms with E-state index in [4.69, 9.17) is 56.8 Å². The summed E-state index contributed by atoms with van der Waals surface area (Å²) < 4.78 is 70.1. The number of hydrogen-bond acceptors (Lipinski definition) is 24. The Hall–Kier alpha value is -8.46. The highest BCUT2D eigenvalue weighted by molar-refractivity contribution is 5.85. The number of carbonyl (C=O) groups excluding carboxylic acids is 8. The van der Waals surface area contributed by atoms with Crippen molar-refractivity contribution in [3.8, 4) is 22.3 Å². The van der Waals surface area contributed by atoms with Gasteiger partial charge < -0.3 is 56.8 Å². The number of aromatic nitrogens is 6. The van der Waals surface area contributed by atoms with Crippen LogP contribution in [0.15, 0.2) is 73.1 Å². The molecule has 11 unspecified atom stereocenters. The molecule has 8 rings (SSSR count). The van der Waals surface area contributed by atoms with Gasteiger partial charge in [0.15, 0.2) is 61.3 Å². The van der Waals surface area contributed by atoms with Gasteiger partial charge in [0.05, 0.1) is 45.5 Å². The topological polar surface area (TPSA) is 309 Å². The normalized spacial score (nSPS) is 22.9. The Labute approximate surface area is 565 Å². The fourth-order valence-corrected chi connectivity index (χ4v) is 13.0. The summed E-state index contributed by atoms with van der Waals surface area (Å²) >= 11 is 0. The quantitative estimate of drug-likeness (QED) is 0.0244. The summed E-state index contributed by atoms with van der Waals surface area (Å²) in [4.78, 5) is 100. The summed E-state index contributed by atoms with van der Waals surface area (Å²) in [6.07, 6.45) is -3.17. The standard InChI is InChI=1S/C71H92N6O20/c1-41(78)90-57-59(92-43(3)80)63(67(84)86-13)96-65(61(57)94-45(5)82)76-38-51(73-75-76)39-88-33-21-17-15-19-31-71(55-35-48(47-23-26-49(27-24-47)69(7,8)9)25-29-53(55)54-30-28-50(36-56(54)71)70(10,11)12)32-20-16-18-22-34-89-40-52-37-72-74-77(52)66-62(95-46(6)83)58(91-42(2)79)60(93-44(4)81)64(97-66)68(85)87-14/h23-30,35-38,57-66H,15-22,31-34,39-40H2,1-14H3. The zero-order chi connectivity index (χ0) is 70.5. The van der Waals surface area contributed by atoms with Crippen LogP contribution in [-0.2, 0) is 125 Å². The highest BCUT2D eigenvalue weighted by Crippen LogP contribution is 2.56. The van der Waals surface area contributed by atoms with Crippen molar-refractivity contribution in [2.45, 2.75) is 238 Å². The number of benzene rings is 3. The van der Waals surface area contributed by atoms with E-state index in [9.17, 15) is 38.4 Å². The molecule has 2 saturated heterocycles. The largest absolute Gasteiger partial charge is 0.467 e. The Bertz CT molecular complexity index is 3590. The Morgan fingerprint density at radius 1 is 0.485 bits per heavy atom. The van der Waals surface area contributed by atoms with Crippen molar-refractivity contribution >= 4 is 47.8 Å². The number of methoxy groups -OCH3 is 2. The summed E-state index contributed by atoms with van der Waals surface area (Å²) in [7, 11) is 2.24. The van der Waals surface area contributed by atoms with Crippen LogP contribution in [0.4, 0.5) is 0 Å². The maximum Gasteiger partial charge on any atom is 0.339 e. The number of nitrogens with zero attached hydrogens (tertiary/aromatic N) is 6. The summed E-state index contributed by atoms with van der Waals surface area (Å²) in [6, 6.07) is 22.9. The van der Waals surface area contributed by atoms with Gasteiger partial charge in [-0.05, 0) is 87.1 Å². The smallest absolute Gasteiger partial charge is 0.339 e. The van der Waals surface area contributed by atoms with Crippen LogP contribution in [-0.4, -0.2) is 154 Å². The van der Waals surface area contributed by atoms with E-state index in [0.717, 1.165) is 131 Å². The number of unbranched alkanes of at least 4 members (excludes halogenated alkanes) is 6. The molecule has 526 valence electrons. The fourth-order valence-electron chi connectivity index (χ4n) is 13.0. The van der Waals surface area contributed by atoms with E-state index >= 15 is 0 Å². The Morgan fingerprint density at radius 3 is 1.42 bits per heavy atom. The molecular weight excluding hydrogens is 1260 g/mol. The van der Waals surface area contributed by atoms with Gasteiger partial charge in [-0.25, -0.2) is 19.0 Å². The first-order chi connectivity index (χ1) is 46.0. The third-order valence-corrected chi connectivity index (χ3v) is 17.5. The number of hydrogen-bond donors (Lipinski definition) is 0. The maximum atomic E-state index is 13.1. The van der Waals surface area contributed by atoms with Gasteiger partial charge in [0.25, 0.3) is 0 Å². The van der Waals surface area contributed by atoms with Crippen LogP contribution < -0.4 is 0 Å². The van der Waals surface area contributed by atoms with E-state index in [1.54, 1.807) is 0 Å². The zero-order valence-corrected chi connectivity index (χ0v) is 57.9. The molecule has 97 heavy (non-hydrogen) atoms. The molecule has 0 spiro atoms. The van der Waals surface area contributed by atoms with Crippen LogP contribution in [0.25, 0.3) is 22.3 Å². The molecule has 26 heteroatoms. The minimum absolute atomic E-state index is 0.000718. The first kappa shape index (κ1) is 74.3. The van der Waals surface area contributed by atoms with E-state index in [1.807, 2.05) is 0 Å². The van der Waals surface area contributed by atoms with E-state index in [-0.39, 0.29) is 29.5 Å². The van der Waals surface area contributed by atoms with Crippen molar-refractivity contribution < 1.29 is 95.2 Å². The summed E-state index contributed by atoms with van der Waals surface area (Å²) in [5.74, 6) is -6.64. The maximum absolute atomic E-state index is 13.1. The third kappa shape index (κ3) is 18.4. The van der Waals surface area contributed by atoms with Crippen LogP contribution >= 0.6 is 0 Å². The van der Waals surface area contributed by atoms with Crippen LogP contribution in [0.2, 0.25) is 0 Å². The molecule has 0 amide bonds.